The molecule has 1 rings (SSSR count). The van der Waals surface area contributed by atoms with Gasteiger partial charge in [0.1, 0.15) is 6.04 Å². The van der Waals surface area contributed by atoms with Gasteiger partial charge in [0.25, 0.3) is 0 Å². The van der Waals surface area contributed by atoms with E-state index in [-0.39, 0.29) is 6.04 Å². The number of likely N-dealkylation sites (N-methyl/N-ethyl adjacent to an activating group) is 1. The molecule has 1 fully saturated rings. The lowest BCUT2D eigenvalue weighted by atomic mass is 10.1. The first-order valence-electron chi connectivity index (χ1n) is 6.27. The largest absolute Gasteiger partial charge is 0.377 e. The number of nitriles is 1. The quantitative estimate of drug-likeness (QED) is 0.732. The van der Waals surface area contributed by atoms with E-state index in [0.717, 1.165) is 39.2 Å². The lowest BCUT2D eigenvalue weighted by Gasteiger charge is -2.33. The van der Waals surface area contributed by atoms with Gasteiger partial charge in [-0.25, -0.2) is 0 Å². The number of piperidine rings is 1. The van der Waals surface area contributed by atoms with Crippen LogP contribution >= 0.6 is 0 Å². The Balaban J connectivity index is 2.33. The first kappa shape index (κ1) is 13.4. The Hall–Kier alpha value is -0.630. The van der Waals surface area contributed by atoms with E-state index in [2.05, 4.69) is 16.3 Å². The molecule has 0 bridgehead atoms. The first-order chi connectivity index (χ1) is 7.80. The van der Waals surface area contributed by atoms with E-state index in [1.54, 1.807) is 0 Å². The molecule has 92 valence electrons. The zero-order chi connectivity index (χ0) is 11.8. The summed E-state index contributed by atoms with van der Waals surface area (Å²) in [5, 5.41) is 12.2. The average Bonchev–Trinajstić information content (AvgIpc) is 2.29. The van der Waals surface area contributed by atoms with E-state index >= 15 is 0 Å². The van der Waals surface area contributed by atoms with Gasteiger partial charge in [0.2, 0.25) is 0 Å². The number of ether oxygens (including phenoxy) is 1. The molecule has 16 heavy (non-hydrogen) atoms. The van der Waals surface area contributed by atoms with Crippen LogP contribution < -0.4 is 5.32 Å². The van der Waals surface area contributed by atoms with Gasteiger partial charge >= 0.3 is 0 Å². The van der Waals surface area contributed by atoms with Gasteiger partial charge in [-0.1, -0.05) is 6.92 Å². The van der Waals surface area contributed by atoms with E-state index < -0.39 is 0 Å². The van der Waals surface area contributed by atoms with Crippen molar-refractivity contribution in [3.05, 3.63) is 0 Å². The maximum atomic E-state index is 8.99. The number of hydrogen-bond donors (Lipinski definition) is 1. The summed E-state index contributed by atoms with van der Waals surface area (Å²) in [5.41, 5.74) is 0. The van der Waals surface area contributed by atoms with Crippen molar-refractivity contribution in [1.29, 1.82) is 5.26 Å². The Kier molecular flexibility index (Phi) is 6.39. The smallest absolute Gasteiger partial charge is 0.108 e. The highest BCUT2D eigenvalue weighted by molar-refractivity contribution is 4.92. The molecule has 1 aliphatic heterocycles. The van der Waals surface area contributed by atoms with E-state index in [1.165, 1.54) is 6.42 Å². The monoisotopic (exact) mass is 225 g/mol. The minimum atomic E-state index is -0.0506. The fourth-order valence-electron chi connectivity index (χ4n) is 2.21. The summed E-state index contributed by atoms with van der Waals surface area (Å²) < 4.78 is 5.64. The third-order valence-corrected chi connectivity index (χ3v) is 2.91. The molecule has 0 saturated carbocycles. The molecular formula is C12H23N3O. The number of likely N-dealkylation sites (tertiary alicyclic amines) is 1. The van der Waals surface area contributed by atoms with E-state index in [9.17, 15) is 0 Å². The minimum absolute atomic E-state index is 0.0506. The van der Waals surface area contributed by atoms with Gasteiger partial charge in [0.05, 0.1) is 12.2 Å². The molecule has 0 radical (unpaired) electrons. The fourth-order valence-corrected chi connectivity index (χ4v) is 2.21. The number of rotatable bonds is 6. The van der Waals surface area contributed by atoms with E-state index in [0.29, 0.717) is 6.10 Å². The van der Waals surface area contributed by atoms with Crippen molar-refractivity contribution >= 4 is 0 Å². The maximum Gasteiger partial charge on any atom is 0.108 e. The molecule has 0 aliphatic carbocycles. The van der Waals surface area contributed by atoms with Gasteiger partial charge in [-0.3, -0.25) is 4.90 Å². The Morgan fingerprint density at radius 3 is 3.00 bits per heavy atom. The van der Waals surface area contributed by atoms with E-state index in [4.69, 9.17) is 10.00 Å². The van der Waals surface area contributed by atoms with Crippen LogP contribution in [0.5, 0.6) is 0 Å². The molecule has 2 atom stereocenters. The molecule has 4 nitrogen and oxygen atoms in total. The van der Waals surface area contributed by atoms with Crippen molar-refractivity contribution in [3.63, 3.8) is 0 Å². The summed E-state index contributed by atoms with van der Waals surface area (Å²) in [7, 11) is 0. The van der Waals surface area contributed by atoms with Crippen molar-refractivity contribution in [2.45, 2.75) is 38.8 Å². The zero-order valence-corrected chi connectivity index (χ0v) is 10.4. The van der Waals surface area contributed by atoms with Gasteiger partial charge in [-0.05, 0) is 32.9 Å². The highest BCUT2D eigenvalue weighted by atomic mass is 16.5. The van der Waals surface area contributed by atoms with Crippen molar-refractivity contribution in [2.75, 3.05) is 32.8 Å². The maximum absolute atomic E-state index is 8.99. The molecule has 1 saturated heterocycles. The normalized spacial score (nSPS) is 23.9. The standard InChI is InChI=1S/C12H23N3O/c1-3-14-11(8-13)9-15-7-5-6-12(10-15)16-4-2/h11-12,14H,3-7,9-10H2,1-2H3. The predicted octanol–water partition coefficient (Wildman–Crippen LogP) is 0.989. The molecular weight excluding hydrogens is 202 g/mol. The van der Waals surface area contributed by atoms with Gasteiger partial charge in [-0.15, -0.1) is 0 Å². The van der Waals surface area contributed by atoms with Crippen LogP contribution in [0.25, 0.3) is 0 Å². The third kappa shape index (κ3) is 4.48. The third-order valence-electron chi connectivity index (χ3n) is 2.91. The van der Waals surface area contributed by atoms with Crippen molar-refractivity contribution in [3.8, 4) is 6.07 Å². The Morgan fingerprint density at radius 2 is 2.38 bits per heavy atom. The summed E-state index contributed by atoms with van der Waals surface area (Å²) in [4.78, 5) is 2.33. The fraction of sp³-hybridized carbons (Fsp3) is 0.917. The number of hydrogen-bond acceptors (Lipinski definition) is 4. The van der Waals surface area contributed by atoms with Crippen molar-refractivity contribution < 1.29 is 4.74 Å². The number of nitrogens with one attached hydrogen (secondary N) is 1. The average molecular weight is 225 g/mol. The molecule has 4 heteroatoms. The lowest BCUT2D eigenvalue weighted by molar-refractivity contribution is 0.00495. The Labute approximate surface area is 98.6 Å². The molecule has 0 spiro atoms. The van der Waals surface area contributed by atoms with Crippen LogP contribution in [0.2, 0.25) is 0 Å². The second-order valence-electron chi connectivity index (χ2n) is 4.22. The molecule has 1 heterocycles. The lowest BCUT2D eigenvalue weighted by Crippen LogP contribution is -2.46. The summed E-state index contributed by atoms with van der Waals surface area (Å²) in [6, 6.07) is 2.25. The van der Waals surface area contributed by atoms with Crippen molar-refractivity contribution in [2.24, 2.45) is 0 Å². The van der Waals surface area contributed by atoms with Gasteiger partial charge in [0, 0.05) is 19.7 Å². The van der Waals surface area contributed by atoms with Gasteiger partial charge < -0.3 is 10.1 Å². The van der Waals surface area contributed by atoms with Crippen molar-refractivity contribution in [1.82, 2.24) is 10.2 Å². The molecule has 0 aromatic carbocycles. The predicted molar refractivity (Wildman–Crippen MR) is 64.2 cm³/mol. The van der Waals surface area contributed by atoms with Crippen LogP contribution in [0, 0.1) is 11.3 Å². The van der Waals surface area contributed by atoms with Crippen LogP contribution in [-0.4, -0.2) is 49.8 Å². The van der Waals surface area contributed by atoms with Gasteiger partial charge in [-0.2, -0.15) is 5.26 Å². The molecule has 0 amide bonds. The molecule has 1 N–H and O–H groups in total. The molecule has 1 aliphatic rings. The van der Waals surface area contributed by atoms with Crippen LogP contribution in [0.4, 0.5) is 0 Å². The SMILES string of the molecule is CCNC(C#N)CN1CCCC(OCC)C1. The topological polar surface area (TPSA) is 48.3 Å². The second-order valence-corrected chi connectivity index (χ2v) is 4.22. The summed E-state index contributed by atoms with van der Waals surface area (Å²) in [6.07, 6.45) is 2.69. The summed E-state index contributed by atoms with van der Waals surface area (Å²) in [6.45, 7) is 8.58. The summed E-state index contributed by atoms with van der Waals surface area (Å²) in [5.74, 6) is 0. The second kappa shape index (κ2) is 7.61. The zero-order valence-electron chi connectivity index (χ0n) is 10.4. The van der Waals surface area contributed by atoms with E-state index in [1.807, 2.05) is 13.8 Å². The molecule has 0 aromatic rings. The molecule has 2 unspecified atom stereocenters. The van der Waals surface area contributed by atoms with Gasteiger partial charge in [0.15, 0.2) is 0 Å². The molecule has 0 aromatic heterocycles. The van der Waals surface area contributed by atoms with Crippen LogP contribution in [-0.2, 0) is 4.74 Å². The number of nitrogens with zero attached hydrogens (tertiary/aromatic N) is 2. The first-order valence-corrected chi connectivity index (χ1v) is 6.27. The Bertz CT molecular complexity index is 225. The highest BCUT2D eigenvalue weighted by Crippen LogP contribution is 2.13. The Morgan fingerprint density at radius 1 is 1.56 bits per heavy atom. The van der Waals surface area contributed by atoms with Crippen LogP contribution in [0.3, 0.4) is 0 Å². The summed E-state index contributed by atoms with van der Waals surface area (Å²) >= 11 is 0. The highest BCUT2D eigenvalue weighted by Gasteiger charge is 2.21. The van der Waals surface area contributed by atoms with Crippen LogP contribution in [0.15, 0.2) is 0 Å². The van der Waals surface area contributed by atoms with Crippen LogP contribution in [0.1, 0.15) is 26.7 Å². The minimum Gasteiger partial charge on any atom is -0.377 e.